The highest BCUT2D eigenvalue weighted by Crippen LogP contribution is 2.16. The summed E-state index contributed by atoms with van der Waals surface area (Å²) in [7, 11) is 1.31. The molecule has 0 aliphatic heterocycles. The lowest BCUT2D eigenvalue weighted by molar-refractivity contribution is 0.0600. The van der Waals surface area contributed by atoms with E-state index in [1.807, 2.05) is 24.3 Å². The average Bonchev–Trinajstić information content (AvgIpc) is 2.73. The molecule has 0 unspecified atom stereocenters. The summed E-state index contributed by atoms with van der Waals surface area (Å²) >= 11 is 6.11. The van der Waals surface area contributed by atoms with Gasteiger partial charge < -0.3 is 15.4 Å². The van der Waals surface area contributed by atoms with Crippen molar-refractivity contribution in [2.24, 2.45) is 0 Å². The Morgan fingerprint density at radius 3 is 2.32 bits per heavy atom. The Bertz CT molecular complexity index is 976. The second kappa shape index (κ2) is 8.96. The molecule has 0 bridgehead atoms. The van der Waals surface area contributed by atoms with E-state index in [4.69, 9.17) is 11.6 Å². The first-order chi connectivity index (χ1) is 13.6. The minimum atomic E-state index is -0.439. The summed E-state index contributed by atoms with van der Waals surface area (Å²) in [5.74, 6) is -0.409. The van der Waals surface area contributed by atoms with E-state index in [0.29, 0.717) is 34.3 Å². The first-order valence-corrected chi connectivity index (χ1v) is 8.73. The number of aromatic nitrogens is 2. The fraction of sp³-hybridized carbons (Fsp3) is 0.100. The van der Waals surface area contributed by atoms with Crippen molar-refractivity contribution in [3.8, 4) is 0 Å². The lowest BCUT2D eigenvalue weighted by Crippen LogP contribution is -2.13. The van der Waals surface area contributed by atoms with Gasteiger partial charge in [-0.1, -0.05) is 29.8 Å². The van der Waals surface area contributed by atoms with Gasteiger partial charge in [-0.3, -0.25) is 4.79 Å². The normalized spacial score (nSPS) is 10.2. The number of ether oxygens (including phenoxy) is 1. The molecule has 1 amide bonds. The molecule has 2 aromatic carbocycles. The van der Waals surface area contributed by atoms with Crippen LogP contribution in [0.4, 0.5) is 11.6 Å². The standard InChI is InChI=1S/C20H17ClN4O3/c1-28-19(27)13-6-8-16(9-7-13)25-18(26)15-11-23-20(24-12-15)22-10-14-4-2-3-5-17(14)21/h2-9,11-12H,10H2,1H3,(H,25,26)(H,22,23,24). The SMILES string of the molecule is COC(=O)c1ccc(NC(=O)c2cnc(NCc3ccccc3Cl)nc2)cc1. The van der Waals surface area contributed by atoms with Gasteiger partial charge in [0.25, 0.3) is 5.91 Å². The Labute approximate surface area is 166 Å². The Kier molecular flexibility index (Phi) is 6.18. The number of carbonyl (C=O) groups excluding carboxylic acids is 2. The number of anilines is 2. The quantitative estimate of drug-likeness (QED) is 0.616. The molecular weight excluding hydrogens is 380 g/mol. The predicted molar refractivity (Wildman–Crippen MR) is 107 cm³/mol. The summed E-state index contributed by atoms with van der Waals surface area (Å²) < 4.78 is 4.64. The van der Waals surface area contributed by atoms with E-state index in [2.05, 4.69) is 25.3 Å². The fourth-order valence-corrected chi connectivity index (χ4v) is 2.57. The minimum absolute atomic E-state index is 0.306. The molecule has 142 valence electrons. The van der Waals surface area contributed by atoms with Crippen LogP contribution >= 0.6 is 11.6 Å². The molecule has 0 spiro atoms. The third-order valence-electron chi connectivity index (χ3n) is 3.87. The lowest BCUT2D eigenvalue weighted by Gasteiger charge is -2.08. The van der Waals surface area contributed by atoms with Gasteiger partial charge in [0.15, 0.2) is 0 Å². The average molecular weight is 397 g/mol. The van der Waals surface area contributed by atoms with Gasteiger partial charge in [0.05, 0.1) is 18.2 Å². The summed E-state index contributed by atoms with van der Waals surface area (Å²) in [5.41, 5.74) is 2.17. The highest BCUT2D eigenvalue weighted by molar-refractivity contribution is 6.31. The Hall–Kier alpha value is -3.45. The van der Waals surface area contributed by atoms with E-state index < -0.39 is 5.97 Å². The van der Waals surface area contributed by atoms with Gasteiger partial charge in [-0.25, -0.2) is 14.8 Å². The molecule has 3 rings (SSSR count). The van der Waals surface area contributed by atoms with Crippen LogP contribution in [-0.2, 0) is 11.3 Å². The topological polar surface area (TPSA) is 93.2 Å². The second-order valence-corrected chi connectivity index (χ2v) is 6.17. The number of nitrogens with one attached hydrogen (secondary N) is 2. The van der Waals surface area contributed by atoms with Crippen molar-refractivity contribution in [3.05, 3.63) is 82.6 Å². The third-order valence-corrected chi connectivity index (χ3v) is 4.24. The Balaban J connectivity index is 1.59. The number of esters is 1. The van der Waals surface area contributed by atoms with Crippen molar-refractivity contribution in [3.63, 3.8) is 0 Å². The van der Waals surface area contributed by atoms with Gasteiger partial charge in [0.2, 0.25) is 5.95 Å². The Morgan fingerprint density at radius 1 is 1.00 bits per heavy atom. The van der Waals surface area contributed by atoms with Crippen molar-refractivity contribution >= 4 is 35.1 Å². The molecule has 7 nitrogen and oxygen atoms in total. The van der Waals surface area contributed by atoms with Crippen molar-refractivity contribution < 1.29 is 14.3 Å². The number of nitrogens with zero attached hydrogens (tertiary/aromatic N) is 2. The number of hydrogen-bond donors (Lipinski definition) is 2. The summed E-state index contributed by atoms with van der Waals surface area (Å²) in [4.78, 5) is 32.0. The molecule has 0 aliphatic carbocycles. The zero-order valence-electron chi connectivity index (χ0n) is 15.0. The molecule has 0 fully saturated rings. The van der Waals surface area contributed by atoms with Crippen molar-refractivity contribution in [1.29, 1.82) is 0 Å². The highest BCUT2D eigenvalue weighted by atomic mass is 35.5. The van der Waals surface area contributed by atoms with Crippen LogP contribution in [0.2, 0.25) is 5.02 Å². The van der Waals surface area contributed by atoms with Gasteiger partial charge in [-0.05, 0) is 35.9 Å². The summed E-state index contributed by atoms with van der Waals surface area (Å²) in [6, 6.07) is 13.8. The van der Waals surface area contributed by atoms with Crippen LogP contribution in [0.15, 0.2) is 60.9 Å². The maximum absolute atomic E-state index is 12.3. The number of amides is 1. The summed E-state index contributed by atoms with van der Waals surface area (Å²) in [6.45, 7) is 0.470. The largest absolute Gasteiger partial charge is 0.465 e. The van der Waals surface area contributed by atoms with Gasteiger partial charge in [-0.2, -0.15) is 0 Å². The van der Waals surface area contributed by atoms with Crippen molar-refractivity contribution in [1.82, 2.24) is 9.97 Å². The molecular formula is C20H17ClN4O3. The second-order valence-electron chi connectivity index (χ2n) is 5.76. The predicted octanol–water partition coefficient (Wildman–Crippen LogP) is 3.78. The van der Waals surface area contributed by atoms with Crippen molar-refractivity contribution in [2.75, 3.05) is 17.7 Å². The summed E-state index contributed by atoms with van der Waals surface area (Å²) in [6.07, 6.45) is 2.86. The van der Waals surface area contributed by atoms with Crippen molar-refractivity contribution in [2.45, 2.75) is 6.54 Å². The number of methoxy groups -OCH3 is 1. The van der Waals surface area contributed by atoms with Gasteiger partial charge in [0, 0.05) is 29.6 Å². The van der Waals surface area contributed by atoms with E-state index in [1.54, 1.807) is 24.3 Å². The molecule has 1 aromatic heterocycles. The number of halogens is 1. The number of hydrogen-bond acceptors (Lipinski definition) is 6. The van der Waals surface area contributed by atoms with E-state index >= 15 is 0 Å². The highest BCUT2D eigenvalue weighted by Gasteiger charge is 2.10. The van der Waals surface area contributed by atoms with Gasteiger partial charge >= 0.3 is 5.97 Å². The van der Waals surface area contributed by atoms with Gasteiger partial charge in [0.1, 0.15) is 0 Å². The number of rotatable bonds is 6. The maximum atomic E-state index is 12.3. The zero-order chi connectivity index (χ0) is 19.9. The third kappa shape index (κ3) is 4.83. The van der Waals surface area contributed by atoms with Crippen LogP contribution in [-0.4, -0.2) is 29.0 Å². The van der Waals surface area contributed by atoms with Crippen LogP contribution < -0.4 is 10.6 Å². The first kappa shape index (κ1) is 19.3. The molecule has 28 heavy (non-hydrogen) atoms. The molecule has 0 saturated carbocycles. The zero-order valence-corrected chi connectivity index (χ0v) is 15.7. The first-order valence-electron chi connectivity index (χ1n) is 8.36. The molecule has 0 aliphatic rings. The molecule has 0 atom stereocenters. The molecule has 0 saturated heterocycles. The molecule has 3 aromatic rings. The molecule has 1 heterocycles. The molecule has 2 N–H and O–H groups in total. The van der Waals surface area contributed by atoms with Crippen LogP contribution in [0.1, 0.15) is 26.3 Å². The van der Waals surface area contributed by atoms with E-state index in [1.165, 1.54) is 19.5 Å². The monoisotopic (exact) mass is 396 g/mol. The number of benzene rings is 2. The molecule has 0 radical (unpaired) electrons. The Morgan fingerprint density at radius 2 is 1.68 bits per heavy atom. The maximum Gasteiger partial charge on any atom is 0.337 e. The van der Waals surface area contributed by atoms with Crippen LogP contribution in [0.5, 0.6) is 0 Å². The van der Waals surface area contributed by atoms with E-state index in [9.17, 15) is 9.59 Å². The molecule has 8 heteroatoms. The van der Waals surface area contributed by atoms with Crippen LogP contribution in [0.25, 0.3) is 0 Å². The lowest BCUT2D eigenvalue weighted by atomic mass is 10.2. The number of carbonyl (C=O) groups is 2. The van der Waals surface area contributed by atoms with E-state index in [0.717, 1.165) is 5.56 Å². The van der Waals surface area contributed by atoms with Crippen LogP contribution in [0, 0.1) is 0 Å². The minimum Gasteiger partial charge on any atom is -0.465 e. The van der Waals surface area contributed by atoms with Crippen LogP contribution in [0.3, 0.4) is 0 Å². The van der Waals surface area contributed by atoms with E-state index in [-0.39, 0.29) is 5.91 Å². The van der Waals surface area contributed by atoms with Gasteiger partial charge in [-0.15, -0.1) is 0 Å². The smallest absolute Gasteiger partial charge is 0.337 e. The summed E-state index contributed by atoms with van der Waals surface area (Å²) in [5, 5.41) is 6.43. The fourth-order valence-electron chi connectivity index (χ4n) is 2.36.